The molecular formula is C17H21N3O3S. The summed E-state index contributed by atoms with van der Waals surface area (Å²) in [6.07, 6.45) is 3.38. The number of pyridine rings is 1. The van der Waals surface area contributed by atoms with E-state index in [1.165, 1.54) is 12.1 Å². The maximum atomic E-state index is 13.0. The number of aromatic nitrogens is 1. The van der Waals surface area contributed by atoms with Crippen LogP contribution in [0.4, 0.5) is 0 Å². The molecule has 24 heavy (non-hydrogen) atoms. The Hall–Kier alpha value is -2.25. The molecule has 0 aliphatic rings. The van der Waals surface area contributed by atoms with E-state index in [1.54, 1.807) is 30.3 Å². The monoisotopic (exact) mass is 347 g/mol. The Morgan fingerprint density at radius 2 is 2.00 bits per heavy atom. The molecule has 1 aromatic heterocycles. The molecule has 0 radical (unpaired) electrons. The number of carbonyl (C=O) groups is 1. The van der Waals surface area contributed by atoms with Gasteiger partial charge in [0, 0.05) is 30.5 Å². The molecule has 0 aliphatic heterocycles. The minimum Gasteiger partial charge on any atom is -0.332 e. The van der Waals surface area contributed by atoms with Gasteiger partial charge in [-0.25, -0.2) is 13.6 Å². The van der Waals surface area contributed by atoms with Gasteiger partial charge in [-0.2, -0.15) is 0 Å². The summed E-state index contributed by atoms with van der Waals surface area (Å²) in [6.45, 7) is 5.98. The zero-order chi connectivity index (χ0) is 17.9. The molecule has 2 N–H and O–H groups in total. The lowest BCUT2D eigenvalue weighted by Gasteiger charge is -2.27. The molecule has 6 nitrogen and oxygen atoms in total. The number of benzene rings is 1. The van der Waals surface area contributed by atoms with Crippen molar-refractivity contribution in [3.8, 4) is 0 Å². The van der Waals surface area contributed by atoms with Crippen LogP contribution in [0.2, 0.25) is 0 Å². The first-order valence-corrected chi connectivity index (χ1v) is 9.08. The molecule has 7 heteroatoms. The van der Waals surface area contributed by atoms with Crippen molar-refractivity contribution in [2.24, 2.45) is 5.14 Å². The number of rotatable bonds is 5. The number of amides is 1. The summed E-state index contributed by atoms with van der Waals surface area (Å²) in [5.74, 6) is -0.239. The van der Waals surface area contributed by atoms with Gasteiger partial charge in [-0.1, -0.05) is 12.1 Å². The fourth-order valence-electron chi connectivity index (χ4n) is 2.34. The summed E-state index contributed by atoms with van der Waals surface area (Å²) < 4.78 is 23.1. The fourth-order valence-corrected chi connectivity index (χ4v) is 2.88. The maximum Gasteiger partial charge on any atom is 0.254 e. The van der Waals surface area contributed by atoms with Crippen LogP contribution in [-0.4, -0.2) is 30.3 Å². The molecule has 128 valence electrons. The first-order valence-electron chi connectivity index (χ1n) is 7.53. The van der Waals surface area contributed by atoms with Gasteiger partial charge in [0.2, 0.25) is 10.0 Å². The van der Waals surface area contributed by atoms with Gasteiger partial charge in [0.15, 0.2) is 0 Å². The molecule has 0 fully saturated rings. The highest BCUT2D eigenvalue weighted by Crippen LogP contribution is 2.19. The van der Waals surface area contributed by atoms with Gasteiger partial charge in [-0.05, 0) is 50.1 Å². The van der Waals surface area contributed by atoms with Gasteiger partial charge in [-0.3, -0.25) is 9.78 Å². The topological polar surface area (TPSA) is 93.4 Å². The van der Waals surface area contributed by atoms with Crippen molar-refractivity contribution in [2.75, 3.05) is 0 Å². The number of hydrogen-bond acceptors (Lipinski definition) is 4. The van der Waals surface area contributed by atoms with E-state index < -0.39 is 10.0 Å². The molecule has 0 atom stereocenters. The second-order valence-electron chi connectivity index (χ2n) is 5.91. The molecule has 2 aromatic rings. The Morgan fingerprint density at radius 1 is 1.29 bits per heavy atom. The van der Waals surface area contributed by atoms with Crippen LogP contribution in [0.5, 0.6) is 0 Å². The van der Waals surface area contributed by atoms with Crippen LogP contribution < -0.4 is 5.14 Å². The lowest BCUT2D eigenvalue weighted by Crippen LogP contribution is -2.37. The molecule has 2 rings (SSSR count). The predicted octanol–water partition coefficient (Wildman–Crippen LogP) is 2.09. The number of sulfonamides is 1. The Balaban J connectivity index is 2.40. The van der Waals surface area contributed by atoms with Crippen LogP contribution in [0.1, 0.15) is 35.3 Å². The van der Waals surface area contributed by atoms with Gasteiger partial charge in [0.1, 0.15) is 0 Å². The minimum absolute atomic E-state index is 0.0600. The zero-order valence-electron chi connectivity index (χ0n) is 13.9. The number of nitrogens with zero attached hydrogens (tertiary/aromatic N) is 2. The van der Waals surface area contributed by atoms with Crippen molar-refractivity contribution in [3.63, 3.8) is 0 Å². The van der Waals surface area contributed by atoms with Gasteiger partial charge in [0.05, 0.1) is 4.90 Å². The first-order chi connectivity index (χ1) is 11.2. The van der Waals surface area contributed by atoms with E-state index in [1.807, 2.05) is 26.0 Å². The molecular weight excluding hydrogens is 326 g/mol. The van der Waals surface area contributed by atoms with Crippen molar-refractivity contribution in [1.82, 2.24) is 9.88 Å². The maximum absolute atomic E-state index is 13.0. The Kier molecular flexibility index (Phi) is 5.36. The molecule has 0 unspecified atom stereocenters. The van der Waals surface area contributed by atoms with Crippen LogP contribution in [-0.2, 0) is 16.6 Å². The molecule has 0 spiro atoms. The highest BCUT2D eigenvalue weighted by atomic mass is 32.2. The lowest BCUT2D eigenvalue weighted by molar-refractivity contribution is 0.0689. The standard InChI is InChI=1S/C17H21N3O3S/c1-12(2)20(11-14-5-4-8-19-10-14)17(21)16-9-15(24(18,22)23)7-6-13(16)3/h4-10,12H,11H2,1-3H3,(H2,18,22,23). The van der Waals surface area contributed by atoms with Crippen LogP contribution >= 0.6 is 0 Å². The zero-order valence-corrected chi connectivity index (χ0v) is 14.7. The molecule has 0 aliphatic carbocycles. The van der Waals surface area contributed by atoms with Gasteiger partial charge >= 0.3 is 0 Å². The lowest BCUT2D eigenvalue weighted by atomic mass is 10.1. The average molecular weight is 347 g/mol. The van der Waals surface area contributed by atoms with E-state index >= 15 is 0 Å². The van der Waals surface area contributed by atoms with Crippen LogP contribution in [0.25, 0.3) is 0 Å². The third-order valence-electron chi connectivity index (χ3n) is 3.73. The van der Waals surface area contributed by atoms with E-state index in [4.69, 9.17) is 5.14 Å². The molecule has 1 heterocycles. The normalized spacial score (nSPS) is 11.5. The highest BCUT2D eigenvalue weighted by Gasteiger charge is 2.22. The first kappa shape index (κ1) is 18.1. The van der Waals surface area contributed by atoms with E-state index in [0.717, 1.165) is 5.56 Å². The Labute approximate surface area is 142 Å². The second-order valence-corrected chi connectivity index (χ2v) is 7.47. The summed E-state index contributed by atoms with van der Waals surface area (Å²) in [5, 5.41) is 5.17. The van der Waals surface area contributed by atoms with Crippen LogP contribution in [0.3, 0.4) is 0 Å². The van der Waals surface area contributed by atoms with Gasteiger partial charge in [-0.15, -0.1) is 0 Å². The number of carbonyl (C=O) groups excluding carboxylic acids is 1. The van der Waals surface area contributed by atoms with Crippen molar-refractivity contribution in [2.45, 2.75) is 38.3 Å². The van der Waals surface area contributed by atoms with Gasteiger partial charge < -0.3 is 4.90 Å². The number of primary sulfonamides is 1. The van der Waals surface area contributed by atoms with Crippen LogP contribution in [0, 0.1) is 6.92 Å². The second kappa shape index (κ2) is 7.11. The van der Waals surface area contributed by atoms with Crippen molar-refractivity contribution in [1.29, 1.82) is 0 Å². The smallest absolute Gasteiger partial charge is 0.254 e. The molecule has 1 amide bonds. The molecule has 1 aromatic carbocycles. The predicted molar refractivity (Wildman–Crippen MR) is 91.8 cm³/mol. The summed E-state index contributed by atoms with van der Waals surface area (Å²) >= 11 is 0. The summed E-state index contributed by atoms with van der Waals surface area (Å²) in [7, 11) is -3.86. The highest BCUT2D eigenvalue weighted by molar-refractivity contribution is 7.89. The Bertz CT molecular complexity index is 833. The average Bonchev–Trinajstić information content (AvgIpc) is 2.52. The number of aryl methyl sites for hydroxylation is 1. The molecule has 0 bridgehead atoms. The molecule has 0 saturated heterocycles. The van der Waals surface area contributed by atoms with Crippen molar-refractivity contribution in [3.05, 3.63) is 59.4 Å². The molecule has 0 saturated carbocycles. The Morgan fingerprint density at radius 3 is 2.54 bits per heavy atom. The number of nitrogens with two attached hydrogens (primary N) is 1. The third-order valence-corrected chi connectivity index (χ3v) is 4.64. The SMILES string of the molecule is Cc1ccc(S(N)(=O)=O)cc1C(=O)N(Cc1cccnc1)C(C)C. The van der Waals surface area contributed by atoms with E-state index in [0.29, 0.717) is 17.7 Å². The van der Waals surface area contributed by atoms with Crippen molar-refractivity contribution >= 4 is 15.9 Å². The number of hydrogen-bond donors (Lipinski definition) is 1. The van der Waals surface area contributed by atoms with Crippen LogP contribution in [0.15, 0.2) is 47.6 Å². The van der Waals surface area contributed by atoms with Crippen molar-refractivity contribution < 1.29 is 13.2 Å². The van der Waals surface area contributed by atoms with E-state index in [9.17, 15) is 13.2 Å². The summed E-state index contributed by atoms with van der Waals surface area (Å²) in [4.78, 5) is 18.6. The minimum atomic E-state index is -3.86. The van der Waals surface area contributed by atoms with E-state index in [2.05, 4.69) is 4.98 Å². The van der Waals surface area contributed by atoms with E-state index in [-0.39, 0.29) is 16.8 Å². The van der Waals surface area contributed by atoms with Gasteiger partial charge in [0.25, 0.3) is 5.91 Å². The largest absolute Gasteiger partial charge is 0.332 e. The third kappa shape index (κ3) is 4.18. The fraction of sp³-hybridized carbons (Fsp3) is 0.294. The summed E-state index contributed by atoms with van der Waals surface area (Å²) in [6, 6.07) is 7.98. The summed E-state index contributed by atoms with van der Waals surface area (Å²) in [5.41, 5.74) is 1.93. The quantitative estimate of drug-likeness (QED) is 0.896.